The fraction of sp³-hybridized carbons (Fsp3) is 0.765. The van der Waals surface area contributed by atoms with Crippen LogP contribution in [0.4, 0.5) is 0 Å². The standard InChI is InChI=1S/C17H31N4O4S.Y/c1-11(18(4)5)15(23)19(6)12(2)16(24)20(7)13(3)17(25)21(8)14(9-22)10-26;/h11-14,26H,10H2,1-8H3;/q-1;. The molecule has 0 N–H and O–H groups in total. The fourth-order valence-electron chi connectivity index (χ4n) is 2.21. The van der Waals surface area contributed by atoms with Crippen molar-refractivity contribution in [2.45, 2.75) is 44.9 Å². The minimum absolute atomic E-state index is 0. The fourth-order valence-corrected chi connectivity index (χ4v) is 2.53. The number of hydrogen-bond donors (Lipinski definition) is 1. The second-order valence-corrected chi connectivity index (χ2v) is 7.02. The molecule has 10 heteroatoms. The molecule has 0 heterocycles. The molecule has 153 valence electrons. The molecule has 1 radical (unpaired) electrons. The topological polar surface area (TPSA) is 81.2 Å². The number of likely N-dealkylation sites (N-methyl/N-ethyl adjacent to an activating group) is 4. The monoisotopic (exact) mass is 476 g/mol. The molecule has 4 atom stereocenters. The molecule has 0 saturated heterocycles. The van der Waals surface area contributed by atoms with Crippen molar-refractivity contribution in [3.63, 3.8) is 0 Å². The maximum absolute atomic E-state index is 12.7. The quantitative estimate of drug-likeness (QED) is 0.359. The van der Waals surface area contributed by atoms with Gasteiger partial charge in [0, 0.05) is 53.9 Å². The predicted octanol–water partition coefficient (Wildman–Crippen LogP) is -0.506. The van der Waals surface area contributed by atoms with E-state index in [2.05, 4.69) is 12.6 Å². The molecular formula is C17H31N4O4SY-. The van der Waals surface area contributed by atoms with Crippen LogP contribution in [0.2, 0.25) is 0 Å². The molecule has 27 heavy (non-hydrogen) atoms. The van der Waals surface area contributed by atoms with Crippen LogP contribution in [-0.2, 0) is 51.9 Å². The summed E-state index contributed by atoms with van der Waals surface area (Å²) in [6, 6.07) is -2.67. The molecule has 0 aliphatic rings. The number of amides is 3. The van der Waals surface area contributed by atoms with Crippen LogP contribution in [0.3, 0.4) is 0 Å². The van der Waals surface area contributed by atoms with Crippen molar-refractivity contribution in [3.05, 3.63) is 0 Å². The van der Waals surface area contributed by atoms with E-state index in [0.717, 1.165) is 0 Å². The molecule has 0 fully saturated rings. The Morgan fingerprint density at radius 2 is 1.11 bits per heavy atom. The van der Waals surface area contributed by atoms with Crippen molar-refractivity contribution in [1.29, 1.82) is 0 Å². The van der Waals surface area contributed by atoms with Gasteiger partial charge < -0.3 is 19.5 Å². The minimum atomic E-state index is -0.791. The first-order valence-corrected chi connectivity index (χ1v) is 9.00. The van der Waals surface area contributed by atoms with E-state index in [4.69, 9.17) is 0 Å². The van der Waals surface area contributed by atoms with Crippen molar-refractivity contribution in [2.75, 3.05) is 41.0 Å². The van der Waals surface area contributed by atoms with E-state index in [-0.39, 0.29) is 56.3 Å². The molecular weight excluding hydrogens is 445 g/mol. The average Bonchev–Trinajstić information content (AvgIpc) is 2.63. The Kier molecular flexibility index (Phi) is 13.7. The maximum Gasteiger partial charge on any atom is 0.245 e. The van der Waals surface area contributed by atoms with Crippen molar-refractivity contribution in [3.8, 4) is 0 Å². The van der Waals surface area contributed by atoms with Crippen LogP contribution >= 0.6 is 12.6 Å². The summed E-state index contributed by atoms with van der Waals surface area (Å²) >= 11 is 4.02. The van der Waals surface area contributed by atoms with Gasteiger partial charge in [0.25, 0.3) is 0 Å². The first-order valence-electron chi connectivity index (χ1n) is 8.37. The normalized spacial score (nSPS) is 15.0. The number of rotatable bonds is 9. The van der Waals surface area contributed by atoms with Gasteiger partial charge in [0.2, 0.25) is 17.7 Å². The Hall–Kier alpha value is -0.506. The summed E-state index contributed by atoms with van der Waals surface area (Å²) in [7, 11) is 8.11. The van der Waals surface area contributed by atoms with E-state index in [0.29, 0.717) is 0 Å². The van der Waals surface area contributed by atoms with Gasteiger partial charge in [-0.05, 0) is 40.6 Å². The molecule has 0 aromatic rings. The average molecular weight is 476 g/mol. The number of nitrogens with zero attached hydrogens (tertiary/aromatic N) is 4. The number of thiol groups is 1. The van der Waals surface area contributed by atoms with Gasteiger partial charge in [-0.3, -0.25) is 19.3 Å². The molecule has 0 saturated carbocycles. The molecule has 3 amide bonds. The van der Waals surface area contributed by atoms with Gasteiger partial charge in [-0.15, -0.1) is 0 Å². The summed E-state index contributed by atoms with van der Waals surface area (Å²) in [4.78, 5) is 54.2. The summed E-state index contributed by atoms with van der Waals surface area (Å²) < 4.78 is 0. The largest absolute Gasteiger partial charge is 0.540 e. The van der Waals surface area contributed by atoms with Crippen molar-refractivity contribution >= 4 is 36.6 Å². The third-order valence-corrected chi connectivity index (χ3v) is 5.17. The van der Waals surface area contributed by atoms with Crippen molar-refractivity contribution < 1.29 is 51.9 Å². The smallest absolute Gasteiger partial charge is 0.245 e. The third-order valence-electron chi connectivity index (χ3n) is 4.83. The SMILES string of the molecule is CC(C(=O)N(C)C(C)C(=O)N(C)C(C)C(=O)N(C)C([C-]=O)CS)N(C)C.[Y]. The predicted molar refractivity (Wildman–Crippen MR) is 104 cm³/mol. The van der Waals surface area contributed by atoms with Gasteiger partial charge in [-0.25, -0.2) is 6.29 Å². The van der Waals surface area contributed by atoms with Crippen molar-refractivity contribution in [1.82, 2.24) is 19.6 Å². The van der Waals surface area contributed by atoms with E-state index in [1.54, 1.807) is 53.1 Å². The van der Waals surface area contributed by atoms with Gasteiger partial charge in [0.05, 0.1) is 6.04 Å². The number of carbonyl (C=O) groups excluding carboxylic acids is 4. The van der Waals surface area contributed by atoms with Crippen LogP contribution < -0.4 is 0 Å². The molecule has 0 spiro atoms. The van der Waals surface area contributed by atoms with Crippen LogP contribution in [0.5, 0.6) is 0 Å². The third kappa shape index (κ3) is 7.44. The number of carbonyl (C=O) groups is 3. The Balaban J connectivity index is 0. The Morgan fingerprint density at radius 1 is 0.778 bits per heavy atom. The van der Waals surface area contributed by atoms with E-state index < -0.39 is 24.0 Å². The molecule has 8 nitrogen and oxygen atoms in total. The van der Waals surface area contributed by atoms with E-state index >= 15 is 0 Å². The summed E-state index contributed by atoms with van der Waals surface area (Å²) in [5, 5.41) is 0. The molecule has 0 aromatic carbocycles. The van der Waals surface area contributed by atoms with Crippen molar-refractivity contribution in [2.24, 2.45) is 0 Å². The molecule has 0 aromatic heterocycles. The second kappa shape index (κ2) is 12.9. The summed E-state index contributed by atoms with van der Waals surface area (Å²) in [6.07, 6.45) is 1.75. The van der Waals surface area contributed by atoms with Crippen LogP contribution in [-0.4, -0.2) is 109 Å². The molecule has 0 aliphatic heterocycles. The first kappa shape index (κ1) is 28.7. The molecule has 4 unspecified atom stereocenters. The number of hydrogen-bond acceptors (Lipinski definition) is 6. The van der Waals surface area contributed by atoms with Gasteiger partial charge in [-0.1, -0.05) is 6.04 Å². The van der Waals surface area contributed by atoms with Crippen LogP contribution in [0.15, 0.2) is 0 Å². The summed E-state index contributed by atoms with van der Waals surface area (Å²) in [5.41, 5.74) is 0. The van der Waals surface area contributed by atoms with Crippen LogP contribution in [0, 0.1) is 0 Å². The minimum Gasteiger partial charge on any atom is -0.540 e. The summed E-state index contributed by atoms with van der Waals surface area (Å²) in [6.45, 7) is 4.96. The second-order valence-electron chi connectivity index (χ2n) is 6.66. The zero-order valence-electron chi connectivity index (χ0n) is 17.5. The van der Waals surface area contributed by atoms with Crippen LogP contribution in [0.1, 0.15) is 20.8 Å². The molecule has 0 bridgehead atoms. The van der Waals surface area contributed by atoms with Gasteiger partial charge in [0.1, 0.15) is 12.1 Å². The van der Waals surface area contributed by atoms with E-state index in [9.17, 15) is 19.2 Å². The van der Waals surface area contributed by atoms with Gasteiger partial charge in [0.15, 0.2) is 0 Å². The van der Waals surface area contributed by atoms with E-state index in [1.807, 2.05) is 0 Å². The van der Waals surface area contributed by atoms with Gasteiger partial charge >= 0.3 is 0 Å². The Bertz CT molecular complexity index is 535. The van der Waals surface area contributed by atoms with Gasteiger partial charge in [-0.2, -0.15) is 12.6 Å². The molecule has 0 rings (SSSR count). The Morgan fingerprint density at radius 3 is 1.41 bits per heavy atom. The van der Waals surface area contributed by atoms with E-state index in [1.165, 1.54) is 28.8 Å². The zero-order chi connectivity index (χ0) is 20.8. The summed E-state index contributed by atoms with van der Waals surface area (Å²) in [5.74, 6) is -0.803. The first-order chi connectivity index (χ1) is 11.9. The molecule has 0 aliphatic carbocycles. The zero-order valence-corrected chi connectivity index (χ0v) is 21.2. The maximum atomic E-state index is 12.7. The van der Waals surface area contributed by atoms with Crippen LogP contribution in [0.25, 0.3) is 0 Å². The Labute approximate surface area is 193 Å².